The smallest absolute Gasteiger partial charge is 0.329 e. The number of aliphatic carboxylic acids is 1. The van der Waals surface area contributed by atoms with E-state index in [1.54, 1.807) is 11.4 Å². The van der Waals surface area contributed by atoms with Crippen LogP contribution in [0.15, 0.2) is 29.6 Å². The van der Waals surface area contributed by atoms with E-state index in [0.29, 0.717) is 23.9 Å². The largest absolute Gasteiger partial charge is 0.480 e. The van der Waals surface area contributed by atoms with Crippen molar-refractivity contribution in [1.82, 2.24) is 10.3 Å². The van der Waals surface area contributed by atoms with Crippen molar-refractivity contribution in [3.05, 3.63) is 40.4 Å². The number of ether oxygens (including phenoxy) is 1. The molecule has 0 aliphatic carbocycles. The van der Waals surface area contributed by atoms with E-state index in [9.17, 15) is 14.7 Å². The molecular formula is C17H17ClN2O4S. The Morgan fingerprint density at radius 1 is 1.32 bits per heavy atom. The minimum atomic E-state index is -1.25. The maximum Gasteiger partial charge on any atom is 0.329 e. The number of amides is 1. The summed E-state index contributed by atoms with van der Waals surface area (Å²) in [5.74, 6) is -1.39. The van der Waals surface area contributed by atoms with Gasteiger partial charge in [-0.15, -0.1) is 11.3 Å². The first-order chi connectivity index (χ1) is 12.0. The Hall–Kier alpha value is -1.96. The second-order valence-electron chi connectivity index (χ2n) is 5.85. The number of rotatable bonds is 5. The summed E-state index contributed by atoms with van der Waals surface area (Å²) >= 11 is 7.56. The first-order valence-corrected chi connectivity index (χ1v) is 9.07. The van der Waals surface area contributed by atoms with Crippen molar-refractivity contribution in [3.8, 4) is 10.6 Å². The molecule has 1 fully saturated rings. The third-order valence-corrected chi connectivity index (χ3v) is 5.39. The van der Waals surface area contributed by atoms with Gasteiger partial charge in [0.15, 0.2) is 0 Å². The van der Waals surface area contributed by atoms with E-state index in [4.69, 9.17) is 16.3 Å². The fourth-order valence-corrected chi connectivity index (χ4v) is 3.87. The van der Waals surface area contributed by atoms with E-state index in [-0.39, 0.29) is 25.2 Å². The number of hydrogen-bond acceptors (Lipinski definition) is 5. The van der Waals surface area contributed by atoms with Crippen molar-refractivity contribution in [2.24, 2.45) is 0 Å². The molecule has 132 valence electrons. The molecule has 0 bridgehead atoms. The SMILES string of the molecule is O=C(Cc1csc(-c2ccccc2Cl)n1)NC1(C(=O)O)CCOCC1. The second-order valence-corrected chi connectivity index (χ2v) is 7.11. The summed E-state index contributed by atoms with van der Waals surface area (Å²) in [6, 6.07) is 7.36. The molecule has 1 amide bonds. The summed E-state index contributed by atoms with van der Waals surface area (Å²) in [6.07, 6.45) is 0.545. The predicted molar refractivity (Wildman–Crippen MR) is 94.8 cm³/mol. The Morgan fingerprint density at radius 3 is 2.72 bits per heavy atom. The zero-order valence-electron chi connectivity index (χ0n) is 13.3. The number of carboxylic acid groups (broad SMARTS) is 1. The monoisotopic (exact) mass is 380 g/mol. The molecule has 1 aliphatic heterocycles. The molecule has 0 saturated carbocycles. The fourth-order valence-electron chi connectivity index (χ4n) is 2.73. The van der Waals surface area contributed by atoms with Gasteiger partial charge in [0.1, 0.15) is 10.5 Å². The second kappa shape index (κ2) is 7.51. The number of carbonyl (C=O) groups excluding carboxylic acids is 1. The van der Waals surface area contributed by atoms with Crippen LogP contribution < -0.4 is 5.32 Å². The van der Waals surface area contributed by atoms with Gasteiger partial charge in [-0.25, -0.2) is 9.78 Å². The van der Waals surface area contributed by atoms with Gasteiger partial charge in [-0.05, 0) is 6.07 Å². The van der Waals surface area contributed by atoms with Crippen molar-refractivity contribution >= 4 is 34.8 Å². The molecule has 2 heterocycles. The Morgan fingerprint density at radius 2 is 2.04 bits per heavy atom. The van der Waals surface area contributed by atoms with Crippen LogP contribution in [-0.2, 0) is 20.7 Å². The highest BCUT2D eigenvalue weighted by Gasteiger charge is 2.41. The highest BCUT2D eigenvalue weighted by atomic mass is 35.5. The summed E-state index contributed by atoms with van der Waals surface area (Å²) in [5, 5.41) is 15.3. The van der Waals surface area contributed by atoms with E-state index >= 15 is 0 Å². The van der Waals surface area contributed by atoms with Gasteiger partial charge in [-0.2, -0.15) is 0 Å². The summed E-state index contributed by atoms with van der Waals surface area (Å²) in [4.78, 5) is 28.4. The van der Waals surface area contributed by atoms with Crippen LogP contribution in [0.1, 0.15) is 18.5 Å². The zero-order chi connectivity index (χ0) is 17.9. The van der Waals surface area contributed by atoms with Crippen LogP contribution in [0.4, 0.5) is 0 Å². The Bertz CT molecular complexity index is 786. The molecule has 1 saturated heterocycles. The lowest BCUT2D eigenvalue weighted by molar-refractivity contribution is -0.152. The number of nitrogens with zero attached hydrogens (tertiary/aromatic N) is 1. The average Bonchev–Trinajstić information content (AvgIpc) is 3.04. The lowest BCUT2D eigenvalue weighted by Crippen LogP contribution is -2.57. The van der Waals surface area contributed by atoms with Crippen molar-refractivity contribution in [2.45, 2.75) is 24.8 Å². The molecule has 0 atom stereocenters. The van der Waals surface area contributed by atoms with Crippen LogP contribution in [0, 0.1) is 0 Å². The van der Waals surface area contributed by atoms with Crippen LogP contribution in [-0.4, -0.2) is 40.7 Å². The van der Waals surface area contributed by atoms with Gasteiger partial charge in [0.2, 0.25) is 5.91 Å². The van der Waals surface area contributed by atoms with Gasteiger partial charge in [0, 0.05) is 37.0 Å². The molecule has 2 aromatic rings. The third-order valence-electron chi connectivity index (χ3n) is 4.13. The Balaban J connectivity index is 1.69. The maximum absolute atomic E-state index is 12.3. The molecule has 25 heavy (non-hydrogen) atoms. The number of aromatic nitrogens is 1. The van der Waals surface area contributed by atoms with Crippen LogP contribution in [0.25, 0.3) is 10.6 Å². The molecule has 3 rings (SSSR count). The molecule has 8 heteroatoms. The summed E-state index contributed by atoms with van der Waals surface area (Å²) in [5.41, 5.74) is 0.147. The molecule has 6 nitrogen and oxygen atoms in total. The molecule has 0 unspecified atom stereocenters. The lowest BCUT2D eigenvalue weighted by atomic mass is 9.90. The molecule has 0 radical (unpaired) electrons. The molecule has 1 aromatic carbocycles. The van der Waals surface area contributed by atoms with Crippen LogP contribution >= 0.6 is 22.9 Å². The van der Waals surface area contributed by atoms with Crippen molar-refractivity contribution in [1.29, 1.82) is 0 Å². The van der Waals surface area contributed by atoms with Crippen LogP contribution in [0.3, 0.4) is 0 Å². The van der Waals surface area contributed by atoms with Gasteiger partial charge in [-0.3, -0.25) is 4.79 Å². The summed E-state index contributed by atoms with van der Waals surface area (Å²) < 4.78 is 5.20. The van der Waals surface area contributed by atoms with E-state index in [1.165, 1.54) is 11.3 Å². The molecule has 2 N–H and O–H groups in total. The molecule has 1 aromatic heterocycles. The zero-order valence-corrected chi connectivity index (χ0v) is 14.9. The number of nitrogens with one attached hydrogen (secondary N) is 1. The number of halogens is 1. The Labute approximate surface area is 153 Å². The summed E-state index contributed by atoms with van der Waals surface area (Å²) in [6.45, 7) is 0.639. The first-order valence-electron chi connectivity index (χ1n) is 7.82. The number of thiazole rings is 1. The van der Waals surface area contributed by atoms with Crippen LogP contribution in [0.5, 0.6) is 0 Å². The van der Waals surface area contributed by atoms with Gasteiger partial charge in [0.25, 0.3) is 0 Å². The average molecular weight is 381 g/mol. The van der Waals surface area contributed by atoms with Gasteiger partial charge >= 0.3 is 5.97 Å². The topological polar surface area (TPSA) is 88.5 Å². The highest BCUT2D eigenvalue weighted by molar-refractivity contribution is 7.13. The van der Waals surface area contributed by atoms with E-state index in [0.717, 1.165) is 10.6 Å². The van der Waals surface area contributed by atoms with E-state index in [2.05, 4.69) is 10.3 Å². The van der Waals surface area contributed by atoms with E-state index in [1.807, 2.05) is 18.2 Å². The van der Waals surface area contributed by atoms with Crippen molar-refractivity contribution in [3.63, 3.8) is 0 Å². The van der Waals surface area contributed by atoms with Crippen molar-refractivity contribution < 1.29 is 19.4 Å². The Kier molecular flexibility index (Phi) is 5.36. The first kappa shape index (κ1) is 17.8. The molecule has 0 spiro atoms. The molecular weight excluding hydrogens is 364 g/mol. The third kappa shape index (κ3) is 4.00. The number of carbonyl (C=O) groups is 2. The normalized spacial score (nSPS) is 16.4. The van der Waals surface area contributed by atoms with Gasteiger partial charge < -0.3 is 15.2 Å². The standard InChI is InChI=1S/C17H17ClN2O4S/c18-13-4-2-1-3-12(13)15-19-11(10-25-15)9-14(21)20-17(16(22)23)5-7-24-8-6-17/h1-4,10H,5-9H2,(H,20,21)(H,22,23). The predicted octanol–water partition coefficient (Wildman–Crippen LogP) is 2.76. The van der Waals surface area contributed by atoms with Gasteiger partial charge in [0.05, 0.1) is 17.1 Å². The molecule has 1 aliphatic rings. The number of hydrogen-bond donors (Lipinski definition) is 2. The number of carboxylic acids is 1. The minimum Gasteiger partial charge on any atom is -0.480 e. The van der Waals surface area contributed by atoms with E-state index < -0.39 is 11.5 Å². The summed E-state index contributed by atoms with van der Waals surface area (Å²) in [7, 11) is 0. The number of benzene rings is 1. The van der Waals surface area contributed by atoms with Gasteiger partial charge in [-0.1, -0.05) is 29.8 Å². The quantitative estimate of drug-likeness (QED) is 0.832. The van der Waals surface area contributed by atoms with Crippen LogP contribution in [0.2, 0.25) is 5.02 Å². The maximum atomic E-state index is 12.3. The minimum absolute atomic E-state index is 0.0246. The highest BCUT2D eigenvalue weighted by Crippen LogP contribution is 2.30. The lowest BCUT2D eigenvalue weighted by Gasteiger charge is -2.33. The van der Waals surface area contributed by atoms with Crippen molar-refractivity contribution in [2.75, 3.05) is 13.2 Å². The fraction of sp³-hybridized carbons (Fsp3) is 0.353.